The van der Waals surface area contributed by atoms with Gasteiger partial charge in [0, 0.05) is 24.3 Å². The van der Waals surface area contributed by atoms with Crippen LogP contribution < -0.4 is 0 Å². The van der Waals surface area contributed by atoms with Crippen molar-refractivity contribution in [2.45, 2.75) is 18.4 Å². The van der Waals surface area contributed by atoms with Crippen LogP contribution in [0, 0.1) is 0 Å². The third-order valence-electron chi connectivity index (χ3n) is 2.94. The first-order chi connectivity index (χ1) is 9.93. The van der Waals surface area contributed by atoms with Crippen molar-refractivity contribution in [2.24, 2.45) is 0 Å². The van der Waals surface area contributed by atoms with Crippen molar-refractivity contribution in [1.29, 1.82) is 0 Å². The van der Waals surface area contributed by atoms with E-state index in [9.17, 15) is 8.42 Å². The Morgan fingerprint density at radius 1 is 1.19 bits per heavy atom. The van der Waals surface area contributed by atoms with Gasteiger partial charge in [-0.2, -0.15) is 4.31 Å². The van der Waals surface area contributed by atoms with E-state index in [4.69, 9.17) is 23.2 Å². The maximum absolute atomic E-state index is 12.6. The Balaban J connectivity index is 2.29. The first-order valence-electron chi connectivity index (χ1n) is 6.29. The largest absolute Gasteiger partial charge is 0.244 e. The second kappa shape index (κ2) is 6.75. The molecule has 1 aromatic carbocycles. The number of hydrogen-bond acceptors (Lipinski definition) is 3. The zero-order chi connectivity index (χ0) is 15.5. The lowest BCUT2D eigenvalue weighted by Gasteiger charge is -2.20. The smallest absolute Gasteiger partial charge is 0.243 e. The van der Waals surface area contributed by atoms with Gasteiger partial charge < -0.3 is 0 Å². The van der Waals surface area contributed by atoms with E-state index in [0.717, 1.165) is 5.56 Å². The molecule has 0 fully saturated rings. The highest BCUT2D eigenvalue weighted by Gasteiger charge is 2.23. The molecule has 2 rings (SSSR count). The van der Waals surface area contributed by atoms with E-state index in [1.165, 1.54) is 22.6 Å². The van der Waals surface area contributed by atoms with Crippen molar-refractivity contribution in [2.75, 3.05) is 6.54 Å². The van der Waals surface area contributed by atoms with E-state index < -0.39 is 10.0 Å². The Labute approximate surface area is 134 Å². The summed E-state index contributed by atoms with van der Waals surface area (Å²) >= 11 is 11.6. The highest BCUT2D eigenvalue weighted by molar-refractivity contribution is 7.89. The SMILES string of the molecule is CCN(Cc1cccc(Cl)c1)S(=O)(=O)c1ccc(Cl)nc1. The van der Waals surface area contributed by atoms with Crippen molar-refractivity contribution >= 4 is 33.2 Å². The minimum atomic E-state index is -3.61. The Kier molecular flexibility index (Phi) is 5.22. The molecule has 0 aliphatic rings. The van der Waals surface area contributed by atoms with Crippen molar-refractivity contribution in [1.82, 2.24) is 9.29 Å². The third-order valence-corrected chi connectivity index (χ3v) is 5.30. The normalized spacial score (nSPS) is 11.8. The van der Waals surface area contributed by atoms with Crippen molar-refractivity contribution in [3.8, 4) is 0 Å². The molecule has 0 unspecified atom stereocenters. The molecular weight excluding hydrogens is 331 g/mol. The van der Waals surface area contributed by atoms with Gasteiger partial charge in [-0.25, -0.2) is 13.4 Å². The van der Waals surface area contributed by atoms with Gasteiger partial charge in [-0.15, -0.1) is 0 Å². The molecule has 7 heteroatoms. The Bertz CT molecular complexity index is 718. The molecule has 0 atom stereocenters. The van der Waals surface area contributed by atoms with Crippen LogP contribution in [-0.4, -0.2) is 24.3 Å². The number of nitrogens with zero attached hydrogens (tertiary/aromatic N) is 2. The van der Waals surface area contributed by atoms with Gasteiger partial charge in [0.1, 0.15) is 10.0 Å². The van der Waals surface area contributed by atoms with Crippen LogP contribution in [0.3, 0.4) is 0 Å². The minimum Gasteiger partial charge on any atom is -0.243 e. The summed E-state index contributed by atoms with van der Waals surface area (Å²) in [4.78, 5) is 3.94. The summed E-state index contributed by atoms with van der Waals surface area (Å²) < 4.78 is 26.5. The zero-order valence-electron chi connectivity index (χ0n) is 11.3. The lowest BCUT2D eigenvalue weighted by molar-refractivity contribution is 0.423. The summed E-state index contributed by atoms with van der Waals surface area (Å²) in [6.07, 6.45) is 1.26. The van der Waals surface area contributed by atoms with Gasteiger partial charge in [-0.05, 0) is 29.8 Å². The number of halogens is 2. The van der Waals surface area contributed by atoms with E-state index in [-0.39, 0.29) is 16.6 Å². The zero-order valence-corrected chi connectivity index (χ0v) is 13.7. The third kappa shape index (κ3) is 3.95. The molecule has 0 amide bonds. The molecule has 2 aromatic rings. The van der Waals surface area contributed by atoms with Gasteiger partial charge in [0.05, 0.1) is 0 Å². The molecule has 0 saturated carbocycles. The highest BCUT2D eigenvalue weighted by atomic mass is 35.5. The van der Waals surface area contributed by atoms with Crippen LogP contribution >= 0.6 is 23.2 Å². The van der Waals surface area contributed by atoms with Gasteiger partial charge in [0.2, 0.25) is 10.0 Å². The van der Waals surface area contributed by atoms with Crippen LogP contribution in [0.25, 0.3) is 0 Å². The topological polar surface area (TPSA) is 50.3 Å². The van der Waals surface area contributed by atoms with E-state index in [1.54, 1.807) is 25.1 Å². The lowest BCUT2D eigenvalue weighted by atomic mass is 10.2. The molecular formula is C14H14Cl2N2O2S. The van der Waals surface area contributed by atoms with Crippen molar-refractivity contribution in [3.63, 3.8) is 0 Å². The highest BCUT2D eigenvalue weighted by Crippen LogP contribution is 2.20. The number of aromatic nitrogens is 1. The molecule has 0 bridgehead atoms. The Morgan fingerprint density at radius 2 is 1.95 bits per heavy atom. The maximum Gasteiger partial charge on any atom is 0.244 e. The molecule has 0 aliphatic carbocycles. The maximum atomic E-state index is 12.6. The molecule has 1 heterocycles. The fraction of sp³-hybridized carbons (Fsp3) is 0.214. The minimum absolute atomic E-state index is 0.121. The van der Waals surface area contributed by atoms with Crippen LogP contribution in [0.4, 0.5) is 0 Å². The van der Waals surface area contributed by atoms with Crippen molar-refractivity contribution < 1.29 is 8.42 Å². The van der Waals surface area contributed by atoms with Gasteiger partial charge in [-0.3, -0.25) is 0 Å². The predicted molar refractivity (Wildman–Crippen MR) is 84.0 cm³/mol. The van der Waals surface area contributed by atoms with Gasteiger partial charge in [-0.1, -0.05) is 42.3 Å². The summed E-state index contributed by atoms with van der Waals surface area (Å²) in [6, 6.07) is 10.0. The molecule has 0 aliphatic heterocycles. The van der Waals surface area contributed by atoms with Crippen LogP contribution in [0.2, 0.25) is 10.2 Å². The molecule has 1 aromatic heterocycles. The van der Waals surface area contributed by atoms with Gasteiger partial charge in [0.25, 0.3) is 0 Å². The standard InChI is InChI=1S/C14H14Cl2N2O2S/c1-2-18(10-11-4-3-5-12(15)8-11)21(19,20)13-6-7-14(16)17-9-13/h3-9H,2,10H2,1H3. The average Bonchev–Trinajstić information content (AvgIpc) is 2.45. The summed E-state index contributed by atoms with van der Waals surface area (Å²) in [7, 11) is -3.61. The second-order valence-corrected chi connectivity index (χ2v) is 7.14. The van der Waals surface area contributed by atoms with Gasteiger partial charge >= 0.3 is 0 Å². The van der Waals surface area contributed by atoms with E-state index in [0.29, 0.717) is 11.6 Å². The van der Waals surface area contributed by atoms with Crippen LogP contribution in [0.5, 0.6) is 0 Å². The first-order valence-corrected chi connectivity index (χ1v) is 8.49. The summed E-state index contributed by atoms with van der Waals surface area (Å²) in [5, 5.41) is 0.834. The fourth-order valence-electron chi connectivity index (χ4n) is 1.87. The quantitative estimate of drug-likeness (QED) is 0.778. The number of hydrogen-bond donors (Lipinski definition) is 0. The second-order valence-electron chi connectivity index (χ2n) is 4.38. The molecule has 0 radical (unpaired) electrons. The monoisotopic (exact) mass is 344 g/mol. The van der Waals surface area contributed by atoms with E-state index >= 15 is 0 Å². The molecule has 0 spiro atoms. The molecule has 0 N–H and O–H groups in total. The number of pyridine rings is 1. The number of benzene rings is 1. The summed E-state index contributed by atoms with van der Waals surface area (Å²) in [6.45, 7) is 2.38. The fourth-order valence-corrected chi connectivity index (χ4v) is 3.58. The lowest BCUT2D eigenvalue weighted by Crippen LogP contribution is -2.30. The first kappa shape index (κ1) is 16.2. The Morgan fingerprint density at radius 3 is 2.52 bits per heavy atom. The van der Waals surface area contributed by atoms with Gasteiger partial charge in [0.15, 0.2) is 0 Å². The summed E-state index contributed by atoms with van der Waals surface area (Å²) in [5.74, 6) is 0. The molecule has 4 nitrogen and oxygen atoms in total. The van der Waals surface area contributed by atoms with Crippen LogP contribution in [0.15, 0.2) is 47.5 Å². The number of sulfonamides is 1. The number of rotatable bonds is 5. The molecule has 112 valence electrons. The van der Waals surface area contributed by atoms with Crippen molar-refractivity contribution in [3.05, 3.63) is 58.3 Å². The van der Waals surface area contributed by atoms with Crippen LogP contribution in [-0.2, 0) is 16.6 Å². The predicted octanol–water partition coefficient (Wildman–Crippen LogP) is 3.60. The Hall–Kier alpha value is -1.14. The van der Waals surface area contributed by atoms with E-state index in [1.807, 2.05) is 6.07 Å². The molecule has 21 heavy (non-hydrogen) atoms. The molecule has 0 saturated heterocycles. The van der Waals surface area contributed by atoms with E-state index in [2.05, 4.69) is 4.98 Å². The van der Waals surface area contributed by atoms with Crippen LogP contribution in [0.1, 0.15) is 12.5 Å². The summed E-state index contributed by atoms with van der Waals surface area (Å²) in [5.41, 5.74) is 0.829. The average molecular weight is 345 g/mol.